The number of ether oxygens (including phenoxy) is 1. The summed E-state index contributed by atoms with van der Waals surface area (Å²) in [5, 5.41) is 17.6. The SMILES string of the molecule is C.CCCCCCCCCCCC(=O)OCC(O)CO. The topological polar surface area (TPSA) is 66.8 Å². The van der Waals surface area contributed by atoms with Gasteiger partial charge < -0.3 is 14.9 Å². The Balaban J connectivity index is 0. The van der Waals surface area contributed by atoms with E-state index in [1.807, 2.05) is 0 Å². The summed E-state index contributed by atoms with van der Waals surface area (Å²) in [7, 11) is 0. The van der Waals surface area contributed by atoms with Crippen molar-refractivity contribution in [2.75, 3.05) is 13.2 Å². The van der Waals surface area contributed by atoms with E-state index in [2.05, 4.69) is 6.92 Å². The third kappa shape index (κ3) is 15.4. The Bertz CT molecular complexity index is 207. The van der Waals surface area contributed by atoms with Gasteiger partial charge in [0.25, 0.3) is 0 Å². The predicted molar refractivity (Wildman–Crippen MR) is 82.6 cm³/mol. The summed E-state index contributed by atoms with van der Waals surface area (Å²) in [6.07, 6.45) is 10.4. The van der Waals surface area contributed by atoms with Gasteiger partial charge in [-0.3, -0.25) is 4.79 Å². The third-order valence-corrected chi connectivity index (χ3v) is 3.13. The maximum absolute atomic E-state index is 11.3. The highest BCUT2D eigenvalue weighted by Gasteiger charge is 2.07. The van der Waals surface area contributed by atoms with Crippen LogP contribution < -0.4 is 0 Å². The smallest absolute Gasteiger partial charge is 0.305 e. The quantitative estimate of drug-likeness (QED) is 0.403. The number of esters is 1. The maximum Gasteiger partial charge on any atom is 0.305 e. The van der Waals surface area contributed by atoms with Gasteiger partial charge in [-0.25, -0.2) is 0 Å². The first kappa shape index (κ1) is 21.7. The lowest BCUT2D eigenvalue weighted by atomic mass is 10.1. The van der Waals surface area contributed by atoms with Crippen molar-refractivity contribution in [2.45, 2.75) is 84.7 Å². The summed E-state index contributed by atoms with van der Waals surface area (Å²) in [5.74, 6) is -0.282. The van der Waals surface area contributed by atoms with Gasteiger partial charge in [-0.15, -0.1) is 0 Å². The fourth-order valence-corrected chi connectivity index (χ4v) is 1.89. The van der Waals surface area contributed by atoms with Crippen LogP contribution in [0, 0.1) is 0 Å². The van der Waals surface area contributed by atoms with Crippen molar-refractivity contribution >= 4 is 5.97 Å². The molecule has 0 radical (unpaired) electrons. The van der Waals surface area contributed by atoms with Crippen LogP contribution in [0.15, 0.2) is 0 Å². The minimum atomic E-state index is -0.952. The second-order valence-electron chi connectivity index (χ2n) is 5.10. The van der Waals surface area contributed by atoms with E-state index in [1.54, 1.807) is 0 Å². The molecule has 0 saturated carbocycles. The van der Waals surface area contributed by atoms with Crippen molar-refractivity contribution < 1.29 is 19.7 Å². The zero-order chi connectivity index (χ0) is 14.3. The molecule has 0 aliphatic carbocycles. The van der Waals surface area contributed by atoms with Crippen LogP contribution >= 0.6 is 0 Å². The van der Waals surface area contributed by atoms with Crippen molar-refractivity contribution in [1.29, 1.82) is 0 Å². The number of hydrogen-bond donors (Lipinski definition) is 2. The number of unbranched alkanes of at least 4 members (excludes halogenated alkanes) is 8. The van der Waals surface area contributed by atoms with Crippen molar-refractivity contribution in [1.82, 2.24) is 0 Å². The Kier molecular flexibility index (Phi) is 17.8. The molecule has 0 fully saturated rings. The molecule has 20 heavy (non-hydrogen) atoms. The molecular formula is C16H34O4. The normalized spacial score (nSPS) is 11.8. The molecule has 4 nitrogen and oxygen atoms in total. The van der Waals surface area contributed by atoms with E-state index in [1.165, 1.54) is 44.9 Å². The van der Waals surface area contributed by atoms with Gasteiger partial charge in [-0.2, -0.15) is 0 Å². The first-order valence-electron chi connectivity index (χ1n) is 7.65. The number of carbonyl (C=O) groups is 1. The highest BCUT2D eigenvalue weighted by atomic mass is 16.5. The highest BCUT2D eigenvalue weighted by Crippen LogP contribution is 2.10. The van der Waals surface area contributed by atoms with Gasteiger partial charge >= 0.3 is 5.97 Å². The third-order valence-electron chi connectivity index (χ3n) is 3.13. The second-order valence-corrected chi connectivity index (χ2v) is 5.10. The summed E-state index contributed by atoms with van der Waals surface area (Å²) in [4.78, 5) is 11.3. The van der Waals surface area contributed by atoms with E-state index in [0.717, 1.165) is 12.8 Å². The van der Waals surface area contributed by atoms with Crippen LogP contribution in [-0.2, 0) is 9.53 Å². The standard InChI is InChI=1S/C15H30O4.CH4/c1-2-3-4-5-6-7-8-9-10-11-15(18)19-13-14(17)12-16;/h14,16-17H,2-13H2,1H3;1H4. The summed E-state index contributed by atoms with van der Waals surface area (Å²) in [5.41, 5.74) is 0. The number of rotatable bonds is 13. The largest absolute Gasteiger partial charge is 0.463 e. The van der Waals surface area contributed by atoms with Crippen molar-refractivity contribution in [3.63, 3.8) is 0 Å². The van der Waals surface area contributed by atoms with Crippen LogP contribution in [0.2, 0.25) is 0 Å². The lowest BCUT2D eigenvalue weighted by Gasteiger charge is -2.08. The molecule has 2 N–H and O–H groups in total. The van der Waals surface area contributed by atoms with E-state index >= 15 is 0 Å². The zero-order valence-electron chi connectivity index (χ0n) is 12.3. The molecule has 1 unspecified atom stereocenters. The summed E-state index contributed by atoms with van der Waals surface area (Å²) in [6, 6.07) is 0. The van der Waals surface area contributed by atoms with Gasteiger partial charge in [-0.05, 0) is 6.42 Å². The lowest BCUT2D eigenvalue weighted by Crippen LogP contribution is -2.21. The maximum atomic E-state index is 11.3. The Hall–Kier alpha value is -0.610. The van der Waals surface area contributed by atoms with Gasteiger partial charge in [0.05, 0.1) is 6.61 Å². The molecule has 0 aromatic carbocycles. The number of hydrogen-bond acceptors (Lipinski definition) is 4. The van der Waals surface area contributed by atoms with E-state index in [4.69, 9.17) is 14.9 Å². The van der Waals surface area contributed by atoms with E-state index in [9.17, 15) is 4.79 Å². The highest BCUT2D eigenvalue weighted by molar-refractivity contribution is 5.69. The summed E-state index contributed by atoms with van der Waals surface area (Å²) >= 11 is 0. The van der Waals surface area contributed by atoms with E-state index in [0.29, 0.717) is 6.42 Å². The second kappa shape index (κ2) is 16.4. The van der Waals surface area contributed by atoms with E-state index < -0.39 is 6.10 Å². The molecule has 0 saturated heterocycles. The Morgan fingerprint density at radius 3 is 2.00 bits per heavy atom. The number of aliphatic hydroxyl groups is 2. The average molecular weight is 290 g/mol. The van der Waals surface area contributed by atoms with Crippen LogP contribution in [0.4, 0.5) is 0 Å². The molecule has 0 amide bonds. The zero-order valence-corrected chi connectivity index (χ0v) is 12.3. The van der Waals surface area contributed by atoms with Gasteiger partial charge in [0.1, 0.15) is 12.7 Å². The fourth-order valence-electron chi connectivity index (χ4n) is 1.89. The van der Waals surface area contributed by atoms with Crippen LogP contribution in [-0.4, -0.2) is 35.5 Å². The van der Waals surface area contributed by atoms with Gasteiger partial charge in [0.15, 0.2) is 0 Å². The van der Waals surface area contributed by atoms with Crippen LogP contribution in [0.5, 0.6) is 0 Å². The Morgan fingerprint density at radius 2 is 1.50 bits per heavy atom. The number of carbonyl (C=O) groups excluding carboxylic acids is 1. The molecule has 0 spiro atoms. The molecule has 122 valence electrons. The molecular weight excluding hydrogens is 256 g/mol. The Labute approximate surface area is 124 Å². The van der Waals surface area contributed by atoms with Gasteiger partial charge in [0.2, 0.25) is 0 Å². The summed E-state index contributed by atoms with van der Waals surface area (Å²) < 4.78 is 4.82. The van der Waals surface area contributed by atoms with Crippen molar-refractivity contribution in [3.8, 4) is 0 Å². The van der Waals surface area contributed by atoms with Crippen molar-refractivity contribution in [2.24, 2.45) is 0 Å². The molecule has 0 aromatic heterocycles. The van der Waals surface area contributed by atoms with Gasteiger partial charge in [-0.1, -0.05) is 65.7 Å². The van der Waals surface area contributed by atoms with Crippen LogP contribution in [0.3, 0.4) is 0 Å². The first-order chi connectivity index (χ1) is 9.20. The molecule has 0 aromatic rings. The fraction of sp³-hybridized carbons (Fsp3) is 0.938. The lowest BCUT2D eigenvalue weighted by molar-refractivity contribution is -0.147. The monoisotopic (exact) mass is 290 g/mol. The molecule has 0 rings (SSSR count). The van der Waals surface area contributed by atoms with Crippen LogP contribution in [0.1, 0.15) is 78.6 Å². The van der Waals surface area contributed by atoms with Gasteiger partial charge in [0, 0.05) is 6.42 Å². The average Bonchev–Trinajstić information content (AvgIpc) is 2.42. The van der Waals surface area contributed by atoms with Crippen molar-refractivity contribution in [3.05, 3.63) is 0 Å². The molecule has 1 atom stereocenters. The molecule has 4 heteroatoms. The minimum Gasteiger partial charge on any atom is -0.463 e. The van der Waals surface area contributed by atoms with Crippen LogP contribution in [0.25, 0.3) is 0 Å². The minimum absolute atomic E-state index is 0. The molecule has 0 bridgehead atoms. The first-order valence-corrected chi connectivity index (χ1v) is 7.65. The van der Waals surface area contributed by atoms with E-state index in [-0.39, 0.29) is 26.6 Å². The Morgan fingerprint density at radius 1 is 1.00 bits per heavy atom. The summed E-state index contributed by atoms with van der Waals surface area (Å²) in [6.45, 7) is 1.75. The molecule has 0 heterocycles. The molecule has 0 aliphatic heterocycles. The number of aliphatic hydroxyl groups excluding tert-OH is 2. The predicted octanol–water partition coefficient (Wildman–Crippen LogP) is 3.44. The molecule has 0 aliphatic rings.